The summed E-state index contributed by atoms with van der Waals surface area (Å²) in [6, 6.07) is 0. The number of rotatable bonds is 5. The van der Waals surface area contributed by atoms with E-state index in [2.05, 4.69) is 20.3 Å². The molecule has 0 unspecified atom stereocenters. The molecule has 2 aromatic heterocycles. The predicted octanol–water partition coefficient (Wildman–Crippen LogP) is 1.22. The second-order valence-corrected chi connectivity index (χ2v) is 4.67. The maximum absolute atomic E-state index is 5.43. The predicted molar refractivity (Wildman–Crippen MR) is 72.2 cm³/mol. The Labute approximate surface area is 108 Å². The van der Waals surface area contributed by atoms with Crippen LogP contribution in [0.4, 0.5) is 5.82 Å². The van der Waals surface area contributed by atoms with Gasteiger partial charge in [-0.2, -0.15) is 0 Å². The van der Waals surface area contributed by atoms with Crippen molar-refractivity contribution in [2.45, 2.75) is 6.42 Å². The fraction of sp³-hybridized carbons (Fsp3) is 0.200. The lowest BCUT2D eigenvalue weighted by molar-refractivity contribution is 0.981. The Morgan fingerprint density at radius 2 is 2.24 bits per heavy atom. The molecule has 17 heavy (non-hydrogen) atoms. The zero-order valence-electron chi connectivity index (χ0n) is 8.96. The van der Waals surface area contributed by atoms with Crippen LogP contribution in [0.25, 0.3) is 0 Å². The van der Waals surface area contributed by atoms with Gasteiger partial charge < -0.3 is 11.1 Å². The van der Waals surface area contributed by atoms with Gasteiger partial charge in [0.25, 0.3) is 0 Å². The molecule has 0 aliphatic heterocycles. The zero-order chi connectivity index (χ0) is 12.1. The second-order valence-electron chi connectivity index (χ2n) is 3.25. The van der Waals surface area contributed by atoms with E-state index in [4.69, 9.17) is 18.0 Å². The average molecular weight is 265 g/mol. The highest BCUT2D eigenvalue weighted by Gasteiger charge is 2.00. The highest BCUT2D eigenvalue weighted by atomic mass is 32.1. The minimum Gasteiger partial charge on any atom is -0.388 e. The number of anilines is 1. The summed E-state index contributed by atoms with van der Waals surface area (Å²) in [6.07, 6.45) is 5.86. The third-order valence-electron chi connectivity index (χ3n) is 2.03. The van der Waals surface area contributed by atoms with Gasteiger partial charge in [0.15, 0.2) is 0 Å². The van der Waals surface area contributed by atoms with E-state index in [1.807, 2.05) is 5.38 Å². The minimum absolute atomic E-state index is 0.256. The third-order valence-corrected chi connectivity index (χ3v) is 3.08. The zero-order valence-corrected chi connectivity index (χ0v) is 10.6. The van der Waals surface area contributed by atoms with E-state index in [-0.39, 0.29) is 4.99 Å². The van der Waals surface area contributed by atoms with Crippen LogP contribution in [0.5, 0.6) is 0 Å². The van der Waals surface area contributed by atoms with Crippen LogP contribution in [0.15, 0.2) is 24.0 Å². The Balaban J connectivity index is 1.85. The Morgan fingerprint density at radius 1 is 1.35 bits per heavy atom. The van der Waals surface area contributed by atoms with Crippen molar-refractivity contribution in [2.75, 3.05) is 11.9 Å². The number of aromatic nitrogens is 3. The van der Waals surface area contributed by atoms with Gasteiger partial charge in [0.1, 0.15) is 16.5 Å². The lowest BCUT2D eigenvalue weighted by atomic mass is 10.4. The van der Waals surface area contributed by atoms with E-state index in [9.17, 15) is 0 Å². The minimum atomic E-state index is 0.256. The molecule has 2 rings (SSSR count). The van der Waals surface area contributed by atoms with Crippen molar-refractivity contribution in [3.05, 3.63) is 34.7 Å². The smallest absolute Gasteiger partial charge is 0.144 e. The van der Waals surface area contributed by atoms with Gasteiger partial charge in [-0.15, -0.1) is 11.3 Å². The lowest BCUT2D eigenvalue weighted by Crippen LogP contribution is -2.13. The van der Waals surface area contributed by atoms with Gasteiger partial charge in [-0.05, 0) is 0 Å². The molecule has 0 spiro atoms. The number of hydrogen-bond donors (Lipinski definition) is 2. The first-order valence-electron chi connectivity index (χ1n) is 5.00. The summed E-state index contributed by atoms with van der Waals surface area (Å²) in [5, 5.41) is 6.22. The summed E-state index contributed by atoms with van der Waals surface area (Å²) in [5.74, 6) is 0.710. The van der Waals surface area contributed by atoms with Crippen LogP contribution in [0.3, 0.4) is 0 Å². The van der Waals surface area contributed by atoms with E-state index in [0.29, 0.717) is 11.5 Å². The summed E-state index contributed by atoms with van der Waals surface area (Å²) in [6.45, 7) is 0.772. The maximum Gasteiger partial charge on any atom is 0.144 e. The highest BCUT2D eigenvalue weighted by molar-refractivity contribution is 7.80. The molecule has 0 amide bonds. The molecular weight excluding hydrogens is 254 g/mol. The monoisotopic (exact) mass is 265 g/mol. The van der Waals surface area contributed by atoms with Crippen molar-refractivity contribution in [3.63, 3.8) is 0 Å². The standard InChI is InChI=1S/C10H11N5S2/c11-10(16)7-5-15-8(6-14-7)12-2-1-9-13-3-4-17-9/h3-6H,1-2H2,(H2,11,16)(H,12,15). The molecule has 5 nitrogen and oxygen atoms in total. The van der Waals surface area contributed by atoms with Crippen molar-refractivity contribution in [1.82, 2.24) is 15.0 Å². The lowest BCUT2D eigenvalue weighted by Gasteiger charge is -2.04. The van der Waals surface area contributed by atoms with E-state index >= 15 is 0 Å². The van der Waals surface area contributed by atoms with Crippen LogP contribution in [0, 0.1) is 0 Å². The van der Waals surface area contributed by atoms with Gasteiger partial charge in [-0.3, -0.25) is 0 Å². The van der Waals surface area contributed by atoms with Crippen molar-refractivity contribution in [3.8, 4) is 0 Å². The molecule has 0 fully saturated rings. The number of nitrogens with two attached hydrogens (primary N) is 1. The van der Waals surface area contributed by atoms with E-state index < -0.39 is 0 Å². The van der Waals surface area contributed by atoms with Crippen LogP contribution < -0.4 is 11.1 Å². The quantitative estimate of drug-likeness (QED) is 0.792. The molecule has 0 bridgehead atoms. The summed E-state index contributed by atoms with van der Waals surface area (Å²) in [4.78, 5) is 12.7. The van der Waals surface area contributed by atoms with E-state index in [1.165, 1.54) is 0 Å². The first kappa shape index (κ1) is 11.9. The molecule has 3 N–H and O–H groups in total. The van der Waals surface area contributed by atoms with Crippen LogP contribution >= 0.6 is 23.6 Å². The molecule has 2 aromatic rings. The van der Waals surface area contributed by atoms with Gasteiger partial charge in [-0.1, -0.05) is 12.2 Å². The summed E-state index contributed by atoms with van der Waals surface area (Å²) < 4.78 is 0. The summed E-state index contributed by atoms with van der Waals surface area (Å²) in [5.41, 5.74) is 5.96. The molecule has 0 atom stereocenters. The largest absolute Gasteiger partial charge is 0.388 e. The molecule has 7 heteroatoms. The van der Waals surface area contributed by atoms with Gasteiger partial charge in [0.05, 0.1) is 17.4 Å². The number of nitrogens with zero attached hydrogens (tertiary/aromatic N) is 3. The molecule has 0 saturated heterocycles. The molecule has 0 saturated carbocycles. The van der Waals surface area contributed by atoms with E-state index in [0.717, 1.165) is 18.0 Å². The van der Waals surface area contributed by atoms with Gasteiger partial charge in [0.2, 0.25) is 0 Å². The first-order valence-corrected chi connectivity index (χ1v) is 6.28. The van der Waals surface area contributed by atoms with Gasteiger partial charge in [0, 0.05) is 24.5 Å². The van der Waals surface area contributed by atoms with Crippen LogP contribution in [0.1, 0.15) is 10.7 Å². The maximum atomic E-state index is 5.43. The van der Waals surface area contributed by atoms with Crippen LogP contribution in [0.2, 0.25) is 0 Å². The van der Waals surface area contributed by atoms with Crippen LogP contribution in [-0.2, 0) is 6.42 Å². The van der Waals surface area contributed by atoms with Crippen molar-refractivity contribution >= 4 is 34.4 Å². The molecule has 0 radical (unpaired) electrons. The van der Waals surface area contributed by atoms with E-state index in [1.54, 1.807) is 29.9 Å². The number of thiazole rings is 1. The van der Waals surface area contributed by atoms with Crippen molar-refractivity contribution < 1.29 is 0 Å². The fourth-order valence-electron chi connectivity index (χ4n) is 1.22. The average Bonchev–Trinajstić information content (AvgIpc) is 2.83. The Kier molecular flexibility index (Phi) is 3.94. The molecule has 0 aromatic carbocycles. The van der Waals surface area contributed by atoms with Crippen molar-refractivity contribution in [1.29, 1.82) is 0 Å². The highest BCUT2D eigenvalue weighted by Crippen LogP contribution is 2.06. The molecule has 2 heterocycles. The van der Waals surface area contributed by atoms with Gasteiger partial charge in [-0.25, -0.2) is 15.0 Å². The summed E-state index contributed by atoms with van der Waals surface area (Å²) >= 11 is 6.44. The fourth-order valence-corrected chi connectivity index (χ4v) is 1.95. The van der Waals surface area contributed by atoms with Gasteiger partial charge >= 0.3 is 0 Å². The number of nitrogens with one attached hydrogen (secondary N) is 1. The normalized spacial score (nSPS) is 10.1. The summed E-state index contributed by atoms with van der Waals surface area (Å²) in [7, 11) is 0. The van der Waals surface area contributed by atoms with Crippen LogP contribution in [-0.4, -0.2) is 26.5 Å². The molecule has 0 aliphatic carbocycles. The topological polar surface area (TPSA) is 76.7 Å². The molecular formula is C10H11N5S2. The SMILES string of the molecule is NC(=S)c1cnc(NCCc2nccs2)cn1. The molecule has 0 aliphatic rings. The van der Waals surface area contributed by atoms with Crippen molar-refractivity contribution in [2.24, 2.45) is 5.73 Å². The number of thiocarbonyl (C=S) groups is 1. The Morgan fingerprint density at radius 3 is 2.82 bits per heavy atom. The Bertz CT molecular complexity index is 480. The Hall–Kier alpha value is -1.60. The number of hydrogen-bond acceptors (Lipinski definition) is 6. The second kappa shape index (κ2) is 5.65. The third kappa shape index (κ3) is 3.43. The first-order chi connectivity index (χ1) is 8.25. The molecule has 88 valence electrons.